The van der Waals surface area contributed by atoms with Gasteiger partial charge in [0.2, 0.25) is 6.79 Å². The summed E-state index contributed by atoms with van der Waals surface area (Å²) >= 11 is 0.649. The molecule has 11 nitrogen and oxygen atoms in total. The normalized spacial score (nSPS) is 18.3. The van der Waals surface area contributed by atoms with Crippen molar-refractivity contribution in [1.29, 1.82) is 0 Å². The van der Waals surface area contributed by atoms with Gasteiger partial charge in [-0.05, 0) is 73.9 Å². The van der Waals surface area contributed by atoms with Crippen LogP contribution in [0, 0.1) is 10.1 Å². The molecule has 0 aromatic heterocycles. The van der Waals surface area contributed by atoms with Crippen molar-refractivity contribution in [3.63, 3.8) is 0 Å². The van der Waals surface area contributed by atoms with E-state index in [9.17, 15) is 29.4 Å². The van der Waals surface area contributed by atoms with E-state index in [2.05, 4.69) is 13.8 Å². The summed E-state index contributed by atoms with van der Waals surface area (Å²) in [5.74, 6) is 1.57. The Morgan fingerprint density at radius 2 is 1.78 bits per heavy atom. The second-order valence-corrected chi connectivity index (χ2v) is 15.2. The van der Waals surface area contributed by atoms with Crippen molar-refractivity contribution in [2.75, 3.05) is 25.4 Å². The topological polar surface area (TPSA) is 152 Å². The van der Waals surface area contributed by atoms with Crippen LogP contribution in [-0.4, -0.2) is 68.1 Å². The third kappa shape index (κ3) is 9.80. The van der Waals surface area contributed by atoms with Gasteiger partial charge in [-0.1, -0.05) is 49.8 Å². The van der Waals surface area contributed by atoms with Crippen LogP contribution >= 0.6 is 11.8 Å². The van der Waals surface area contributed by atoms with Crippen LogP contribution < -0.4 is 9.47 Å². The standard InChI is InChI=1S/C18H18N2O6S.C18H28O3S/c1-10(8-21)15-13-7-14(27-2)16(19(13)17(15)22)18(23)26-9-11-3-5-12(6-4-11)20(24)25;1-3-4-5-6-7-8-11-22(19)15(2)12-16-9-10-17-18(13-16)21-14-20-17/h3-6,13,21H,7-9H2,1-2H3;9-10,13,15H,3-8,11-12,14H2,1-2H3/b15-10+;. The fourth-order valence-electron chi connectivity index (χ4n) is 5.93. The Bertz CT molecular complexity index is 1540. The monoisotopic (exact) mass is 714 g/mol. The molecule has 266 valence electrons. The molecule has 3 atom stereocenters. The van der Waals surface area contributed by atoms with Crippen molar-refractivity contribution in [3.8, 4) is 11.5 Å². The first-order chi connectivity index (χ1) is 23.6. The van der Waals surface area contributed by atoms with Gasteiger partial charge in [0, 0.05) is 35.5 Å². The number of nitro benzene ring substituents is 1. The fourth-order valence-corrected chi connectivity index (χ4v) is 7.90. The smallest absolute Gasteiger partial charge is 0.356 e. The van der Waals surface area contributed by atoms with Gasteiger partial charge >= 0.3 is 5.97 Å². The number of nitro groups is 1. The molecule has 0 radical (unpaired) electrons. The summed E-state index contributed by atoms with van der Waals surface area (Å²) in [6, 6.07) is 11.5. The van der Waals surface area contributed by atoms with Crippen molar-refractivity contribution in [2.45, 2.75) is 90.0 Å². The molecule has 1 saturated heterocycles. The number of thioether (sulfide) groups is 1. The Morgan fingerprint density at radius 1 is 1.10 bits per heavy atom. The molecule has 3 aliphatic heterocycles. The number of ether oxygens (including phenoxy) is 3. The third-order valence-electron chi connectivity index (χ3n) is 8.74. The number of carbonyl (C=O) groups is 2. The average molecular weight is 715 g/mol. The van der Waals surface area contributed by atoms with E-state index in [0.29, 0.717) is 29.9 Å². The second-order valence-electron chi connectivity index (χ2n) is 12.3. The lowest BCUT2D eigenvalue weighted by molar-refractivity contribution is -0.384. The van der Waals surface area contributed by atoms with E-state index in [4.69, 9.17) is 14.2 Å². The number of β-lactam (4-membered cyclic amide) rings is 1. The molecule has 0 saturated carbocycles. The number of aliphatic hydroxyl groups is 1. The molecular formula is C36H46N2O9S2. The van der Waals surface area contributed by atoms with Crippen LogP contribution in [0.25, 0.3) is 0 Å². The molecule has 3 unspecified atom stereocenters. The van der Waals surface area contributed by atoms with Crippen LogP contribution in [0.5, 0.6) is 11.5 Å². The zero-order chi connectivity index (χ0) is 35.5. The lowest BCUT2D eigenvalue weighted by Crippen LogP contribution is -2.53. The van der Waals surface area contributed by atoms with Gasteiger partial charge in [-0.15, -0.1) is 11.8 Å². The number of hydrogen-bond donors (Lipinski definition) is 1. The Hall–Kier alpha value is -3.52. The van der Waals surface area contributed by atoms with Crippen LogP contribution in [0.4, 0.5) is 5.69 Å². The number of amides is 1. The number of rotatable bonds is 16. The number of unbranched alkanes of at least 4 members (excludes halogenated alkanes) is 5. The molecule has 3 aliphatic rings. The SMILES string of the molecule is CCCCCCCC[S+]([O-])C(C)Cc1ccc2c(c1)OCO2.CSC1=C(C(=O)OCc2ccc([N+](=O)[O-])cc2)N2C(=O)/C(=C(\C)CO)C2C1. The lowest BCUT2D eigenvalue weighted by Gasteiger charge is -2.39. The van der Waals surface area contributed by atoms with E-state index >= 15 is 0 Å². The van der Waals surface area contributed by atoms with E-state index in [1.165, 1.54) is 78.6 Å². The number of carbonyl (C=O) groups excluding carboxylic acids is 2. The summed E-state index contributed by atoms with van der Waals surface area (Å²) in [5, 5.41) is 20.2. The number of aliphatic hydroxyl groups excluding tert-OH is 1. The summed E-state index contributed by atoms with van der Waals surface area (Å²) in [4.78, 5) is 37.4. The minimum absolute atomic E-state index is 0.0409. The molecule has 1 N–H and O–H groups in total. The maximum Gasteiger partial charge on any atom is 0.356 e. The van der Waals surface area contributed by atoms with Gasteiger partial charge in [-0.25, -0.2) is 4.79 Å². The average Bonchev–Trinajstić information content (AvgIpc) is 3.71. The van der Waals surface area contributed by atoms with Crippen LogP contribution in [0.2, 0.25) is 0 Å². The van der Waals surface area contributed by atoms with E-state index in [-0.39, 0.29) is 41.8 Å². The minimum Gasteiger partial charge on any atom is -0.616 e. The van der Waals surface area contributed by atoms with Crippen molar-refractivity contribution in [1.82, 2.24) is 4.90 Å². The Balaban J connectivity index is 0.000000226. The van der Waals surface area contributed by atoms with Crippen molar-refractivity contribution in [3.05, 3.63) is 85.5 Å². The van der Waals surface area contributed by atoms with Crippen molar-refractivity contribution in [2.24, 2.45) is 0 Å². The molecule has 2 aromatic carbocycles. The molecule has 3 heterocycles. The Labute approximate surface area is 295 Å². The first-order valence-electron chi connectivity index (χ1n) is 16.7. The maximum atomic E-state index is 12.6. The quantitative estimate of drug-likeness (QED) is 0.0384. The molecule has 0 bridgehead atoms. The van der Waals surface area contributed by atoms with E-state index in [1.54, 1.807) is 6.92 Å². The predicted octanol–water partition coefficient (Wildman–Crippen LogP) is 6.59. The zero-order valence-electron chi connectivity index (χ0n) is 28.6. The van der Waals surface area contributed by atoms with Crippen LogP contribution in [-0.2, 0) is 38.5 Å². The third-order valence-corrected chi connectivity index (χ3v) is 11.3. The predicted molar refractivity (Wildman–Crippen MR) is 191 cm³/mol. The van der Waals surface area contributed by atoms with Gasteiger partial charge in [-0.2, -0.15) is 0 Å². The van der Waals surface area contributed by atoms with E-state index < -0.39 is 22.1 Å². The Kier molecular flexibility index (Phi) is 14.4. The van der Waals surface area contributed by atoms with Crippen LogP contribution in [0.3, 0.4) is 0 Å². The lowest BCUT2D eigenvalue weighted by atomic mass is 9.90. The molecule has 13 heteroatoms. The minimum atomic E-state index is -0.743. The number of fused-ring (bicyclic) bond motifs is 2. The highest BCUT2D eigenvalue weighted by Gasteiger charge is 2.52. The molecular weight excluding hydrogens is 669 g/mol. The number of esters is 1. The van der Waals surface area contributed by atoms with E-state index in [1.807, 2.05) is 24.5 Å². The zero-order valence-corrected chi connectivity index (χ0v) is 30.2. The number of benzene rings is 2. The molecule has 2 aromatic rings. The van der Waals surface area contributed by atoms with E-state index in [0.717, 1.165) is 35.0 Å². The summed E-state index contributed by atoms with van der Waals surface area (Å²) < 4.78 is 28.4. The van der Waals surface area contributed by atoms with Crippen molar-refractivity contribution < 1.29 is 38.4 Å². The van der Waals surface area contributed by atoms with Gasteiger partial charge in [0.05, 0.1) is 17.6 Å². The van der Waals surface area contributed by atoms with Gasteiger partial charge in [0.25, 0.3) is 11.6 Å². The molecule has 1 amide bonds. The number of non-ortho nitro benzene ring substituents is 1. The van der Waals surface area contributed by atoms with Gasteiger partial charge in [-0.3, -0.25) is 19.8 Å². The summed E-state index contributed by atoms with van der Waals surface area (Å²) in [6.45, 7) is 6.07. The Morgan fingerprint density at radius 3 is 2.45 bits per heavy atom. The van der Waals surface area contributed by atoms with Gasteiger partial charge in [0.1, 0.15) is 23.3 Å². The highest BCUT2D eigenvalue weighted by atomic mass is 32.2. The highest BCUT2D eigenvalue weighted by Crippen LogP contribution is 2.46. The van der Waals surface area contributed by atoms with Crippen LogP contribution in [0.15, 0.2) is 64.2 Å². The van der Waals surface area contributed by atoms with Crippen LogP contribution in [0.1, 0.15) is 76.8 Å². The molecule has 49 heavy (non-hydrogen) atoms. The number of hydrogen-bond acceptors (Lipinski definition) is 10. The molecule has 0 spiro atoms. The second kappa shape index (κ2) is 18.5. The largest absolute Gasteiger partial charge is 0.616 e. The molecule has 5 rings (SSSR count). The number of nitrogens with zero attached hydrogens (tertiary/aromatic N) is 2. The maximum absolute atomic E-state index is 12.6. The molecule has 0 aliphatic carbocycles. The summed E-state index contributed by atoms with van der Waals surface area (Å²) in [5.41, 5.74) is 3.16. The fraction of sp³-hybridized carbons (Fsp3) is 0.500. The first-order valence-corrected chi connectivity index (χ1v) is 19.3. The van der Waals surface area contributed by atoms with Gasteiger partial charge < -0.3 is 23.9 Å². The van der Waals surface area contributed by atoms with Crippen molar-refractivity contribution >= 4 is 40.5 Å². The molecule has 1 fully saturated rings. The van der Waals surface area contributed by atoms with Gasteiger partial charge in [0.15, 0.2) is 11.5 Å². The highest BCUT2D eigenvalue weighted by molar-refractivity contribution is 8.02. The summed E-state index contributed by atoms with van der Waals surface area (Å²) in [6.07, 6.45) is 10.7. The first kappa shape index (κ1) is 38.3. The summed E-state index contributed by atoms with van der Waals surface area (Å²) in [7, 11) is 0.